The predicted molar refractivity (Wildman–Crippen MR) is 41.2 cm³/mol. The Morgan fingerprint density at radius 3 is 3.30 bits per heavy atom. The third-order valence-corrected chi connectivity index (χ3v) is 2.13. The van der Waals surface area contributed by atoms with Crippen molar-refractivity contribution in [2.45, 2.75) is 12.5 Å². The Kier molecular flexibility index (Phi) is 3.15. The van der Waals surface area contributed by atoms with E-state index in [4.69, 9.17) is 4.74 Å². The molecule has 1 amide bonds. The van der Waals surface area contributed by atoms with E-state index in [0.717, 1.165) is 18.3 Å². The van der Waals surface area contributed by atoms with Crippen molar-refractivity contribution in [1.82, 2.24) is 5.32 Å². The third kappa shape index (κ3) is 2.27. The summed E-state index contributed by atoms with van der Waals surface area (Å²) in [6, 6.07) is 0. The molecule has 1 heterocycles. The lowest BCUT2D eigenvalue weighted by molar-refractivity contribution is -0.125. The van der Waals surface area contributed by atoms with Gasteiger partial charge in [0, 0.05) is 11.9 Å². The van der Waals surface area contributed by atoms with Gasteiger partial charge in [-0.25, -0.2) is 0 Å². The van der Waals surface area contributed by atoms with E-state index in [0.29, 0.717) is 0 Å². The van der Waals surface area contributed by atoms with Crippen LogP contribution >= 0.6 is 15.9 Å². The second-order valence-corrected chi connectivity index (χ2v) is 2.87. The molecule has 1 saturated heterocycles. The monoisotopic (exact) mass is 207 g/mol. The van der Waals surface area contributed by atoms with Crippen LogP contribution in [0.25, 0.3) is 0 Å². The maximum absolute atomic E-state index is 10.7. The standard InChI is InChI=1S/C6H10BrNO2/c7-3-5-1-2-8-6(9)4-10-5/h5H,1-4H2,(H,8,9). The van der Waals surface area contributed by atoms with Gasteiger partial charge >= 0.3 is 0 Å². The van der Waals surface area contributed by atoms with Crippen molar-refractivity contribution in [2.24, 2.45) is 0 Å². The van der Waals surface area contributed by atoms with E-state index in [1.807, 2.05) is 0 Å². The molecule has 1 fully saturated rings. The summed E-state index contributed by atoms with van der Waals surface area (Å²) in [6.07, 6.45) is 1.09. The third-order valence-electron chi connectivity index (χ3n) is 1.41. The number of hydrogen-bond donors (Lipinski definition) is 1. The zero-order valence-electron chi connectivity index (χ0n) is 5.60. The quantitative estimate of drug-likeness (QED) is 0.629. The number of nitrogens with one attached hydrogen (secondary N) is 1. The maximum atomic E-state index is 10.7. The molecule has 10 heavy (non-hydrogen) atoms. The first kappa shape index (κ1) is 8.01. The number of amides is 1. The summed E-state index contributed by atoms with van der Waals surface area (Å²) in [6.45, 7) is 0.936. The highest BCUT2D eigenvalue weighted by atomic mass is 79.9. The van der Waals surface area contributed by atoms with Crippen LogP contribution in [-0.2, 0) is 9.53 Å². The fourth-order valence-electron chi connectivity index (χ4n) is 0.822. The summed E-state index contributed by atoms with van der Waals surface area (Å²) in [5.74, 6) is -0.0107. The van der Waals surface area contributed by atoms with Gasteiger partial charge in [-0.05, 0) is 6.42 Å². The summed E-state index contributed by atoms with van der Waals surface area (Å²) in [4.78, 5) is 10.7. The zero-order valence-corrected chi connectivity index (χ0v) is 7.19. The van der Waals surface area contributed by atoms with Crippen molar-refractivity contribution >= 4 is 21.8 Å². The Labute approximate surface area is 68.3 Å². The predicted octanol–water partition coefficient (Wildman–Crippen LogP) is 0.286. The molecule has 1 aliphatic rings. The molecule has 0 spiro atoms. The smallest absolute Gasteiger partial charge is 0.246 e. The molecular formula is C6H10BrNO2. The highest BCUT2D eigenvalue weighted by Gasteiger charge is 2.14. The molecule has 58 valence electrons. The summed E-state index contributed by atoms with van der Waals surface area (Å²) < 4.78 is 5.21. The van der Waals surface area contributed by atoms with Crippen LogP contribution in [0.4, 0.5) is 0 Å². The topological polar surface area (TPSA) is 38.3 Å². The first-order chi connectivity index (χ1) is 4.83. The lowest BCUT2D eigenvalue weighted by Gasteiger charge is -2.08. The van der Waals surface area contributed by atoms with Crippen molar-refractivity contribution in [3.63, 3.8) is 0 Å². The molecular weight excluding hydrogens is 198 g/mol. The maximum Gasteiger partial charge on any atom is 0.246 e. The Morgan fingerprint density at radius 2 is 2.60 bits per heavy atom. The Bertz CT molecular complexity index is 129. The molecule has 1 unspecified atom stereocenters. The van der Waals surface area contributed by atoms with Gasteiger partial charge in [-0.2, -0.15) is 0 Å². The van der Waals surface area contributed by atoms with Crippen LogP contribution in [0.1, 0.15) is 6.42 Å². The summed E-state index contributed by atoms with van der Waals surface area (Å²) in [7, 11) is 0. The fourth-order valence-corrected chi connectivity index (χ4v) is 1.33. The molecule has 1 aliphatic heterocycles. The molecule has 0 saturated carbocycles. The van der Waals surface area contributed by atoms with Crippen LogP contribution < -0.4 is 5.32 Å². The minimum absolute atomic E-state index is 0.0107. The molecule has 1 N–H and O–H groups in total. The molecule has 3 nitrogen and oxygen atoms in total. The van der Waals surface area contributed by atoms with Gasteiger partial charge < -0.3 is 10.1 Å². The van der Waals surface area contributed by atoms with Crippen LogP contribution in [-0.4, -0.2) is 30.5 Å². The summed E-state index contributed by atoms with van der Waals surface area (Å²) in [5.41, 5.74) is 0. The first-order valence-corrected chi connectivity index (χ1v) is 4.39. The van der Waals surface area contributed by atoms with Gasteiger partial charge in [0.15, 0.2) is 0 Å². The van der Waals surface area contributed by atoms with E-state index in [9.17, 15) is 4.79 Å². The average molecular weight is 208 g/mol. The largest absolute Gasteiger partial charge is 0.367 e. The average Bonchev–Trinajstić information content (AvgIpc) is 2.14. The lowest BCUT2D eigenvalue weighted by Crippen LogP contribution is -2.24. The van der Waals surface area contributed by atoms with Gasteiger partial charge in [0.1, 0.15) is 6.61 Å². The SMILES string of the molecule is O=C1COC(CBr)CCN1. The number of carbonyl (C=O) groups excluding carboxylic acids is 1. The number of alkyl halides is 1. The van der Waals surface area contributed by atoms with E-state index in [1.165, 1.54) is 0 Å². The van der Waals surface area contributed by atoms with Crippen molar-refractivity contribution < 1.29 is 9.53 Å². The second-order valence-electron chi connectivity index (χ2n) is 2.23. The van der Waals surface area contributed by atoms with E-state index >= 15 is 0 Å². The normalized spacial score (nSPS) is 27.3. The van der Waals surface area contributed by atoms with Gasteiger partial charge in [-0.1, -0.05) is 15.9 Å². The van der Waals surface area contributed by atoms with Gasteiger partial charge in [-0.15, -0.1) is 0 Å². The van der Waals surface area contributed by atoms with Crippen molar-refractivity contribution in [1.29, 1.82) is 0 Å². The number of halogens is 1. The van der Waals surface area contributed by atoms with Crippen LogP contribution in [0, 0.1) is 0 Å². The molecule has 0 aromatic heterocycles. The Morgan fingerprint density at radius 1 is 1.80 bits per heavy atom. The minimum atomic E-state index is -0.0107. The molecule has 0 bridgehead atoms. The van der Waals surface area contributed by atoms with Crippen molar-refractivity contribution in [2.75, 3.05) is 18.5 Å². The van der Waals surface area contributed by atoms with E-state index in [-0.39, 0.29) is 18.6 Å². The van der Waals surface area contributed by atoms with Crippen LogP contribution in [0.2, 0.25) is 0 Å². The molecule has 1 rings (SSSR count). The molecule has 0 aliphatic carbocycles. The van der Waals surface area contributed by atoms with E-state index < -0.39 is 0 Å². The van der Waals surface area contributed by atoms with E-state index in [2.05, 4.69) is 21.2 Å². The van der Waals surface area contributed by atoms with Crippen LogP contribution in [0.3, 0.4) is 0 Å². The summed E-state index contributed by atoms with van der Waals surface area (Å²) >= 11 is 3.30. The number of ether oxygens (including phenoxy) is 1. The van der Waals surface area contributed by atoms with Crippen molar-refractivity contribution in [3.8, 4) is 0 Å². The van der Waals surface area contributed by atoms with Crippen LogP contribution in [0.15, 0.2) is 0 Å². The molecule has 4 heteroatoms. The molecule has 0 aromatic carbocycles. The lowest BCUT2D eigenvalue weighted by atomic mass is 10.3. The van der Waals surface area contributed by atoms with Gasteiger partial charge in [0.2, 0.25) is 5.91 Å². The summed E-state index contributed by atoms with van der Waals surface area (Å²) in [5, 5.41) is 3.53. The minimum Gasteiger partial charge on any atom is -0.367 e. The molecule has 0 aromatic rings. The number of hydrogen-bond acceptors (Lipinski definition) is 2. The van der Waals surface area contributed by atoms with E-state index in [1.54, 1.807) is 0 Å². The fraction of sp³-hybridized carbons (Fsp3) is 0.833. The van der Waals surface area contributed by atoms with Gasteiger partial charge in [0.05, 0.1) is 6.10 Å². The zero-order chi connectivity index (χ0) is 7.40. The van der Waals surface area contributed by atoms with Crippen molar-refractivity contribution in [3.05, 3.63) is 0 Å². The number of rotatable bonds is 1. The first-order valence-electron chi connectivity index (χ1n) is 3.27. The Hall–Kier alpha value is -0.0900. The second kappa shape index (κ2) is 3.93. The highest BCUT2D eigenvalue weighted by Crippen LogP contribution is 2.03. The number of carbonyl (C=O) groups is 1. The highest BCUT2D eigenvalue weighted by molar-refractivity contribution is 9.09. The van der Waals surface area contributed by atoms with Crippen LogP contribution in [0.5, 0.6) is 0 Å². The van der Waals surface area contributed by atoms with Gasteiger partial charge in [-0.3, -0.25) is 4.79 Å². The molecule has 0 radical (unpaired) electrons. The Balaban J connectivity index is 2.33. The molecule has 1 atom stereocenters. The van der Waals surface area contributed by atoms with Gasteiger partial charge in [0.25, 0.3) is 0 Å².